The summed E-state index contributed by atoms with van der Waals surface area (Å²) >= 11 is 0. The van der Waals surface area contributed by atoms with Crippen LogP contribution in [0.5, 0.6) is 0 Å². The number of aromatic nitrogens is 2. The summed E-state index contributed by atoms with van der Waals surface area (Å²) in [5, 5.41) is 1.16. The standard InChI is InChI=1S/C19H25N5O2S/c1-15-6-8-16(9-7-15)10-13-27(25,26)22-17-14-20-19(21-18(17)23(2)3)24-11-4-5-12-24/h6-10,13-14,22H,4-5,11-12H2,1-3H3/b13-10+. The normalized spacial score (nSPS) is 14.7. The molecule has 0 saturated carbocycles. The molecule has 27 heavy (non-hydrogen) atoms. The van der Waals surface area contributed by atoms with Gasteiger partial charge in [0.15, 0.2) is 5.82 Å². The van der Waals surface area contributed by atoms with Gasteiger partial charge in [0.25, 0.3) is 10.0 Å². The van der Waals surface area contributed by atoms with Gasteiger partial charge in [-0.1, -0.05) is 29.8 Å². The maximum Gasteiger partial charge on any atom is 0.255 e. The lowest BCUT2D eigenvalue weighted by atomic mass is 10.2. The van der Waals surface area contributed by atoms with Crippen molar-refractivity contribution in [2.45, 2.75) is 19.8 Å². The number of nitrogens with one attached hydrogen (secondary N) is 1. The van der Waals surface area contributed by atoms with E-state index in [4.69, 9.17) is 0 Å². The van der Waals surface area contributed by atoms with E-state index < -0.39 is 10.0 Å². The molecular weight excluding hydrogens is 362 g/mol. The zero-order chi connectivity index (χ0) is 19.4. The highest BCUT2D eigenvalue weighted by molar-refractivity contribution is 7.95. The number of rotatable bonds is 6. The van der Waals surface area contributed by atoms with E-state index in [1.807, 2.05) is 45.3 Å². The quantitative estimate of drug-likeness (QED) is 0.821. The van der Waals surface area contributed by atoms with E-state index in [0.717, 1.165) is 42.5 Å². The Bertz CT molecular complexity index is 918. The van der Waals surface area contributed by atoms with Crippen molar-refractivity contribution in [2.75, 3.05) is 41.7 Å². The van der Waals surface area contributed by atoms with Crippen LogP contribution in [-0.2, 0) is 10.0 Å². The lowest BCUT2D eigenvalue weighted by Crippen LogP contribution is -2.23. The second-order valence-electron chi connectivity index (χ2n) is 6.86. The minimum Gasteiger partial charge on any atom is -0.361 e. The Morgan fingerprint density at radius 2 is 1.81 bits per heavy atom. The first-order valence-corrected chi connectivity index (χ1v) is 10.5. The van der Waals surface area contributed by atoms with Crippen LogP contribution in [0, 0.1) is 6.92 Å². The molecule has 0 atom stereocenters. The number of hydrogen-bond acceptors (Lipinski definition) is 6. The topological polar surface area (TPSA) is 78.4 Å². The van der Waals surface area contributed by atoms with E-state index in [9.17, 15) is 8.42 Å². The van der Waals surface area contributed by atoms with Crippen LogP contribution >= 0.6 is 0 Å². The van der Waals surface area contributed by atoms with Crippen molar-refractivity contribution in [1.82, 2.24) is 9.97 Å². The molecule has 1 N–H and O–H groups in total. The van der Waals surface area contributed by atoms with E-state index in [1.54, 1.807) is 11.0 Å². The molecule has 2 aromatic rings. The second kappa shape index (κ2) is 7.96. The third-order valence-electron chi connectivity index (χ3n) is 4.34. The Kier molecular flexibility index (Phi) is 5.65. The van der Waals surface area contributed by atoms with Crippen LogP contribution in [0.1, 0.15) is 24.0 Å². The fraction of sp³-hybridized carbons (Fsp3) is 0.368. The minimum absolute atomic E-state index is 0.358. The van der Waals surface area contributed by atoms with E-state index in [2.05, 4.69) is 19.6 Å². The van der Waals surface area contributed by atoms with Crippen LogP contribution < -0.4 is 14.5 Å². The van der Waals surface area contributed by atoms with Gasteiger partial charge in [-0.15, -0.1) is 0 Å². The molecule has 0 bridgehead atoms. The van der Waals surface area contributed by atoms with Crippen molar-refractivity contribution in [3.8, 4) is 0 Å². The van der Waals surface area contributed by atoms with Gasteiger partial charge in [-0.05, 0) is 31.4 Å². The van der Waals surface area contributed by atoms with Crippen molar-refractivity contribution < 1.29 is 8.42 Å². The molecule has 8 heteroatoms. The molecule has 2 heterocycles. The zero-order valence-corrected chi connectivity index (χ0v) is 16.7. The minimum atomic E-state index is -3.68. The molecule has 1 saturated heterocycles. The number of benzene rings is 1. The van der Waals surface area contributed by atoms with E-state index >= 15 is 0 Å². The van der Waals surface area contributed by atoms with Crippen molar-refractivity contribution in [1.29, 1.82) is 0 Å². The Morgan fingerprint density at radius 3 is 2.44 bits per heavy atom. The monoisotopic (exact) mass is 387 g/mol. The first kappa shape index (κ1) is 19.2. The molecule has 1 fully saturated rings. The van der Waals surface area contributed by atoms with Crippen molar-refractivity contribution in [3.63, 3.8) is 0 Å². The van der Waals surface area contributed by atoms with Crippen LogP contribution in [0.4, 0.5) is 17.5 Å². The lowest BCUT2D eigenvalue weighted by Gasteiger charge is -2.20. The Hall–Kier alpha value is -2.61. The van der Waals surface area contributed by atoms with Crippen molar-refractivity contribution in [2.24, 2.45) is 0 Å². The maximum atomic E-state index is 12.5. The Balaban J connectivity index is 1.81. The number of anilines is 3. The molecule has 1 aliphatic heterocycles. The first-order valence-electron chi connectivity index (χ1n) is 8.91. The van der Waals surface area contributed by atoms with Gasteiger partial charge >= 0.3 is 0 Å². The summed E-state index contributed by atoms with van der Waals surface area (Å²) in [7, 11) is -0.0229. The zero-order valence-electron chi connectivity index (χ0n) is 15.9. The Labute approximate surface area is 160 Å². The van der Waals surface area contributed by atoms with E-state index in [0.29, 0.717) is 17.5 Å². The molecule has 1 aromatic heterocycles. The molecular formula is C19H25N5O2S. The molecule has 0 aliphatic carbocycles. The summed E-state index contributed by atoms with van der Waals surface area (Å²) in [6.45, 7) is 3.84. The second-order valence-corrected chi connectivity index (χ2v) is 8.42. The fourth-order valence-corrected chi connectivity index (χ4v) is 3.73. The predicted molar refractivity (Wildman–Crippen MR) is 111 cm³/mol. The molecule has 0 unspecified atom stereocenters. The predicted octanol–water partition coefficient (Wildman–Crippen LogP) is 2.86. The summed E-state index contributed by atoms with van der Waals surface area (Å²) in [6, 6.07) is 7.63. The number of hydrogen-bond donors (Lipinski definition) is 1. The molecule has 1 aromatic carbocycles. The van der Waals surface area contributed by atoms with Gasteiger partial charge in [0, 0.05) is 27.2 Å². The van der Waals surface area contributed by atoms with Gasteiger partial charge in [0.05, 0.1) is 11.6 Å². The largest absolute Gasteiger partial charge is 0.361 e. The third kappa shape index (κ3) is 4.97. The summed E-state index contributed by atoms with van der Waals surface area (Å²) < 4.78 is 27.5. The number of aryl methyl sites for hydroxylation is 1. The van der Waals surface area contributed by atoms with Gasteiger partial charge in [-0.25, -0.2) is 13.4 Å². The summed E-state index contributed by atoms with van der Waals surface area (Å²) in [6.07, 6.45) is 5.35. The van der Waals surface area contributed by atoms with Crippen molar-refractivity contribution in [3.05, 3.63) is 47.0 Å². The van der Waals surface area contributed by atoms with E-state index in [1.165, 1.54) is 6.20 Å². The lowest BCUT2D eigenvalue weighted by molar-refractivity contribution is 0.609. The van der Waals surface area contributed by atoms with Crippen LogP contribution in [0.25, 0.3) is 6.08 Å². The highest BCUT2D eigenvalue weighted by Gasteiger charge is 2.19. The highest BCUT2D eigenvalue weighted by atomic mass is 32.2. The number of nitrogens with zero attached hydrogens (tertiary/aromatic N) is 4. The molecule has 144 valence electrons. The Morgan fingerprint density at radius 1 is 1.15 bits per heavy atom. The summed E-state index contributed by atoms with van der Waals surface area (Å²) in [5.41, 5.74) is 2.30. The van der Waals surface area contributed by atoms with Crippen LogP contribution in [0.15, 0.2) is 35.9 Å². The molecule has 0 radical (unpaired) electrons. The number of sulfonamides is 1. The van der Waals surface area contributed by atoms with Gasteiger partial charge in [-0.3, -0.25) is 4.72 Å². The van der Waals surface area contributed by atoms with Gasteiger partial charge in [-0.2, -0.15) is 4.98 Å². The van der Waals surface area contributed by atoms with Crippen molar-refractivity contribution >= 4 is 33.6 Å². The maximum absolute atomic E-state index is 12.5. The summed E-state index contributed by atoms with van der Waals surface area (Å²) in [4.78, 5) is 12.8. The van der Waals surface area contributed by atoms with Gasteiger partial charge in [0.2, 0.25) is 5.95 Å². The van der Waals surface area contributed by atoms with Gasteiger partial charge < -0.3 is 9.80 Å². The highest BCUT2D eigenvalue weighted by Crippen LogP contribution is 2.26. The molecule has 1 aliphatic rings. The SMILES string of the molecule is Cc1ccc(/C=C/S(=O)(=O)Nc2cnc(N3CCCC3)nc2N(C)C)cc1. The molecule has 3 rings (SSSR count). The first-order chi connectivity index (χ1) is 12.8. The third-order valence-corrected chi connectivity index (χ3v) is 5.34. The van der Waals surface area contributed by atoms with Gasteiger partial charge in [0.1, 0.15) is 5.69 Å². The fourth-order valence-electron chi connectivity index (χ4n) is 2.88. The summed E-state index contributed by atoms with van der Waals surface area (Å²) in [5.74, 6) is 1.17. The average molecular weight is 388 g/mol. The molecule has 7 nitrogen and oxygen atoms in total. The molecule has 0 amide bonds. The van der Waals surface area contributed by atoms with Crippen LogP contribution in [0.2, 0.25) is 0 Å². The molecule has 0 spiro atoms. The van der Waals surface area contributed by atoms with Crippen LogP contribution in [0.3, 0.4) is 0 Å². The van der Waals surface area contributed by atoms with E-state index in [-0.39, 0.29) is 0 Å². The van der Waals surface area contributed by atoms with Crippen LogP contribution in [-0.4, -0.2) is 45.6 Å². The average Bonchev–Trinajstić information content (AvgIpc) is 3.16. The smallest absolute Gasteiger partial charge is 0.255 e.